The first kappa shape index (κ1) is 23.2. The molecule has 0 aromatic heterocycles. The van der Waals surface area contributed by atoms with E-state index in [0.29, 0.717) is 5.69 Å². The highest BCUT2D eigenvalue weighted by Gasteiger charge is 2.17. The van der Waals surface area contributed by atoms with Crippen LogP contribution in [-0.4, -0.2) is 31.6 Å². The van der Waals surface area contributed by atoms with E-state index in [1.165, 1.54) is 19.4 Å². The fraction of sp³-hybridized carbons (Fsp3) is 0.217. The molecule has 2 aromatic rings. The van der Waals surface area contributed by atoms with Gasteiger partial charge in [0.1, 0.15) is 11.6 Å². The molecule has 0 saturated heterocycles. The molecule has 2 N–H and O–H groups in total. The minimum Gasteiger partial charge on any atom is -0.465 e. The van der Waals surface area contributed by atoms with Crippen LogP contribution in [0, 0.1) is 11.3 Å². The number of unbranched alkanes of at least 4 members (excludes halogenated alkanes) is 1. The fourth-order valence-electron chi connectivity index (χ4n) is 2.54. The molecule has 0 atom stereocenters. The summed E-state index contributed by atoms with van der Waals surface area (Å²) in [6.07, 6.45) is 2.80. The molecule has 0 bridgehead atoms. The third-order valence-electron chi connectivity index (χ3n) is 4.20. The number of hydrogen-bond donors (Lipinski definition) is 2. The molecular weight excluding hydrogens is 398 g/mol. The van der Waals surface area contributed by atoms with E-state index in [1.54, 1.807) is 48.5 Å². The van der Waals surface area contributed by atoms with Crippen molar-refractivity contribution in [2.75, 3.05) is 24.4 Å². The third-order valence-corrected chi connectivity index (χ3v) is 4.20. The van der Waals surface area contributed by atoms with E-state index >= 15 is 0 Å². The van der Waals surface area contributed by atoms with Crippen molar-refractivity contribution in [1.82, 2.24) is 0 Å². The average molecular weight is 421 g/mol. The quantitative estimate of drug-likeness (QED) is 0.273. The number of nitrogens with zero attached hydrogens (tertiary/aromatic N) is 1. The molecule has 1 amide bonds. The van der Waals surface area contributed by atoms with Gasteiger partial charge in [0.05, 0.1) is 36.2 Å². The van der Waals surface area contributed by atoms with Gasteiger partial charge < -0.3 is 20.1 Å². The standard InChI is InChI=1S/C23H23N3O5/c1-3-4-13-31-23(29)18-10-6-8-12-20(18)26-21(27)16(14-24)15-25-19-11-7-5-9-17(19)22(28)30-2/h5-12,15,25H,3-4,13H2,1-2H3,(H,26,27)/b16-15-. The molecule has 8 heteroatoms. The lowest BCUT2D eigenvalue weighted by molar-refractivity contribution is -0.112. The SMILES string of the molecule is CCCCOC(=O)c1ccccc1NC(=O)/C(C#N)=C\Nc1ccccc1C(=O)OC. The second kappa shape index (κ2) is 11.8. The normalized spacial score (nSPS) is 10.5. The van der Waals surface area contributed by atoms with Crippen LogP contribution in [0.2, 0.25) is 0 Å². The van der Waals surface area contributed by atoms with Gasteiger partial charge in [-0.3, -0.25) is 4.79 Å². The van der Waals surface area contributed by atoms with Gasteiger partial charge in [0, 0.05) is 6.20 Å². The minimum absolute atomic E-state index is 0.188. The number of nitriles is 1. The van der Waals surface area contributed by atoms with E-state index in [-0.39, 0.29) is 29.0 Å². The van der Waals surface area contributed by atoms with Gasteiger partial charge in [-0.1, -0.05) is 37.6 Å². The number of nitrogens with one attached hydrogen (secondary N) is 2. The molecule has 160 valence electrons. The van der Waals surface area contributed by atoms with Gasteiger partial charge in [-0.15, -0.1) is 0 Å². The monoisotopic (exact) mass is 421 g/mol. The zero-order chi connectivity index (χ0) is 22.6. The Balaban J connectivity index is 2.17. The highest BCUT2D eigenvalue weighted by Crippen LogP contribution is 2.19. The summed E-state index contributed by atoms with van der Waals surface area (Å²) in [4.78, 5) is 36.7. The number of para-hydroxylation sites is 2. The average Bonchev–Trinajstić information content (AvgIpc) is 2.79. The molecule has 0 heterocycles. The molecule has 0 aliphatic heterocycles. The number of methoxy groups -OCH3 is 1. The number of rotatable bonds is 9. The van der Waals surface area contributed by atoms with E-state index in [1.807, 2.05) is 6.92 Å². The van der Waals surface area contributed by atoms with Crippen molar-refractivity contribution in [2.24, 2.45) is 0 Å². The Kier molecular flexibility index (Phi) is 8.80. The summed E-state index contributed by atoms with van der Waals surface area (Å²) in [6, 6.07) is 14.7. The molecule has 0 aliphatic carbocycles. The van der Waals surface area contributed by atoms with E-state index in [4.69, 9.17) is 9.47 Å². The Morgan fingerprint density at radius 3 is 2.23 bits per heavy atom. The van der Waals surface area contributed by atoms with Gasteiger partial charge in [0.2, 0.25) is 0 Å². The Morgan fingerprint density at radius 2 is 1.61 bits per heavy atom. The maximum Gasteiger partial charge on any atom is 0.340 e. The van der Waals surface area contributed by atoms with Crippen molar-refractivity contribution in [3.8, 4) is 6.07 Å². The molecule has 2 aromatic carbocycles. The van der Waals surface area contributed by atoms with Crippen LogP contribution in [0.1, 0.15) is 40.5 Å². The Morgan fingerprint density at radius 1 is 1.00 bits per heavy atom. The number of benzene rings is 2. The van der Waals surface area contributed by atoms with E-state index in [2.05, 4.69) is 10.6 Å². The molecule has 0 aliphatic rings. The zero-order valence-electron chi connectivity index (χ0n) is 17.3. The van der Waals surface area contributed by atoms with Crippen LogP contribution in [-0.2, 0) is 14.3 Å². The third kappa shape index (κ3) is 6.44. The van der Waals surface area contributed by atoms with Crippen LogP contribution >= 0.6 is 0 Å². The van der Waals surface area contributed by atoms with Crippen LogP contribution < -0.4 is 10.6 Å². The van der Waals surface area contributed by atoms with E-state index < -0.39 is 17.8 Å². The Hall–Kier alpha value is -4.12. The predicted molar refractivity (Wildman–Crippen MR) is 115 cm³/mol. The summed E-state index contributed by atoms with van der Waals surface area (Å²) in [5.41, 5.74) is 0.779. The van der Waals surface area contributed by atoms with Crippen molar-refractivity contribution in [3.63, 3.8) is 0 Å². The molecule has 0 unspecified atom stereocenters. The smallest absolute Gasteiger partial charge is 0.340 e. The maximum absolute atomic E-state index is 12.6. The van der Waals surface area contributed by atoms with E-state index in [9.17, 15) is 19.6 Å². The lowest BCUT2D eigenvalue weighted by atomic mass is 10.1. The van der Waals surface area contributed by atoms with Crippen LogP contribution in [0.5, 0.6) is 0 Å². The van der Waals surface area contributed by atoms with Gasteiger partial charge in [0.15, 0.2) is 0 Å². The second-order valence-electron chi connectivity index (χ2n) is 6.34. The number of ether oxygens (including phenoxy) is 2. The van der Waals surface area contributed by atoms with Crippen molar-refractivity contribution in [3.05, 3.63) is 71.4 Å². The zero-order valence-corrected chi connectivity index (χ0v) is 17.3. The van der Waals surface area contributed by atoms with Crippen molar-refractivity contribution in [1.29, 1.82) is 5.26 Å². The van der Waals surface area contributed by atoms with Crippen molar-refractivity contribution < 1.29 is 23.9 Å². The van der Waals surface area contributed by atoms with E-state index in [0.717, 1.165) is 12.8 Å². The number of carbonyl (C=O) groups excluding carboxylic acids is 3. The predicted octanol–water partition coefficient (Wildman–Crippen LogP) is 3.89. The highest BCUT2D eigenvalue weighted by atomic mass is 16.5. The lowest BCUT2D eigenvalue weighted by Gasteiger charge is -2.11. The molecule has 2 rings (SSSR count). The first-order chi connectivity index (χ1) is 15.0. The lowest BCUT2D eigenvalue weighted by Crippen LogP contribution is -2.18. The van der Waals surface area contributed by atoms with Gasteiger partial charge in [-0.25, -0.2) is 9.59 Å². The summed E-state index contributed by atoms with van der Waals surface area (Å²) in [7, 11) is 1.26. The fourth-order valence-corrected chi connectivity index (χ4v) is 2.54. The first-order valence-electron chi connectivity index (χ1n) is 9.63. The summed E-state index contributed by atoms with van der Waals surface area (Å²) >= 11 is 0. The Bertz CT molecular complexity index is 1020. The molecule has 0 spiro atoms. The molecule has 0 radical (unpaired) electrons. The molecule has 0 fully saturated rings. The van der Waals surface area contributed by atoms with Gasteiger partial charge in [0.25, 0.3) is 5.91 Å². The highest BCUT2D eigenvalue weighted by molar-refractivity contribution is 6.09. The van der Waals surface area contributed by atoms with Crippen LogP contribution in [0.3, 0.4) is 0 Å². The number of hydrogen-bond acceptors (Lipinski definition) is 7. The van der Waals surface area contributed by atoms with Crippen molar-refractivity contribution >= 4 is 29.2 Å². The number of carbonyl (C=O) groups is 3. The van der Waals surface area contributed by atoms with Gasteiger partial charge >= 0.3 is 11.9 Å². The molecular formula is C23H23N3O5. The van der Waals surface area contributed by atoms with Gasteiger partial charge in [-0.2, -0.15) is 5.26 Å². The molecule has 31 heavy (non-hydrogen) atoms. The maximum atomic E-state index is 12.6. The number of esters is 2. The van der Waals surface area contributed by atoms with Gasteiger partial charge in [-0.05, 0) is 30.7 Å². The summed E-state index contributed by atoms with van der Waals surface area (Å²) in [6.45, 7) is 2.26. The largest absolute Gasteiger partial charge is 0.465 e. The van der Waals surface area contributed by atoms with Crippen LogP contribution in [0.25, 0.3) is 0 Å². The number of amides is 1. The Labute approximate surface area is 180 Å². The topological polar surface area (TPSA) is 118 Å². The van der Waals surface area contributed by atoms with Crippen LogP contribution in [0.4, 0.5) is 11.4 Å². The minimum atomic E-state index is -0.723. The second-order valence-corrected chi connectivity index (χ2v) is 6.34. The first-order valence-corrected chi connectivity index (χ1v) is 9.63. The molecule has 8 nitrogen and oxygen atoms in total. The summed E-state index contributed by atoms with van der Waals surface area (Å²) in [5.74, 6) is -1.84. The van der Waals surface area contributed by atoms with Crippen molar-refractivity contribution in [2.45, 2.75) is 19.8 Å². The van der Waals surface area contributed by atoms with Crippen LogP contribution in [0.15, 0.2) is 60.3 Å². The number of anilines is 2. The summed E-state index contributed by atoms with van der Waals surface area (Å²) in [5, 5.41) is 14.7. The molecule has 0 saturated carbocycles. The summed E-state index contributed by atoms with van der Waals surface area (Å²) < 4.78 is 9.92.